The van der Waals surface area contributed by atoms with Crippen LogP contribution in [0.2, 0.25) is 0 Å². The second-order valence-electron chi connectivity index (χ2n) is 8.38. The van der Waals surface area contributed by atoms with Gasteiger partial charge in [0.25, 0.3) is 0 Å². The van der Waals surface area contributed by atoms with Crippen molar-refractivity contribution < 1.29 is 18.7 Å². The van der Waals surface area contributed by atoms with Crippen LogP contribution in [0.3, 0.4) is 0 Å². The van der Waals surface area contributed by atoms with Gasteiger partial charge >= 0.3 is 5.97 Å². The van der Waals surface area contributed by atoms with Crippen LogP contribution in [0.4, 0.5) is 5.82 Å². The number of rotatable bonds is 5. The van der Waals surface area contributed by atoms with Gasteiger partial charge in [-0.25, -0.2) is 14.5 Å². The van der Waals surface area contributed by atoms with E-state index < -0.39 is 5.60 Å². The number of hydrogen-bond donors (Lipinski definition) is 1. The van der Waals surface area contributed by atoms with Crippen LogP contribution in [0.15, 0.2) is 41.2 Å². The molecule has 2 N–H and O–H groups in total. The van der Waals surface area contributed by atoms with Gasteiger partial charge in [-0.2, -0.15) is 5.10 Å². The summed E-state index contributed by atoms with van der Waals surface area (Å²) >= 11 is 0. The summed E-state index contributed by atoms with van der Waals surface area (Å²) < 4.78 is 18.4. The minimum Gasteiger partial charge on any atom is -0.496 e. The van der Waals surface area contributed by atoms with E-state index in [-0.39, 0.29) is 12.4 Å². The first-order valence-corrected chi connectivity index (χ1v) is 10.1. The smallest absolute Gasteiger partial charge is 0.310 e. The Kier molecular flexibility index (Phi) is 5.33. The number of nitrogens with zero attached hydrogens (tertiary/aromatic N) is 4. The number of anilines is 1. The molecule has 3 heterocycles. The summed E-state index contributed by atoms with van der Waals surface area (Å²) in [7, 11) is 1.57. The number of esters is 1. The maximum absolute atomic E-state index is 12.3. The summed E-state index contributed by atoms with van der Waals surface area (Å²) in [5.74, 6) is 1.69. The fraction of sp³-hybridized carbons (Fsp3) is 0.304. The number of carbonyl (C=O) groups excluding carboxylic acids is 1. The first-order valence-electron chi connectivity index (χ1n) is 10.1. The average Bonchev–Trinajstić information content (AvgIpc) is 3.31. The fourth-order valence-electron chi connectivity index (χ4n) is 3.53. The molecule has 32 heavy (non-hydrogen) atoms. The normalized spacial score (nSPS) is 11.7. The highest BCUT2D eigenvalue weighted by Gasteiger charge is 2.21. The van der Waals surface area contributed by atoms with E-state index in [1.807, 2.05) is 45.0 Å². The molecule has 0 aliphatic carbocycles. The van der Waals surface area contributed by atoms with Gasteiger partial charge in [-0.15, -0.1) is 0 Å². The largest absolute Gasteiger partial charge is 0.496 e. The van der Waals surface area contributed by atoms with Crippen molar-refractivity contribution in [2.75, 3.05) is 12.8 Å². The maximum atomic E-state index is 12.3. The van der Waals surface area contributed by atoms with E-state index in [9.17, 15) is 4.79 Å². The third kappa shape index (κ3) is 4.14. The quantitative estimate of drug-likeness (QED) is 0.470. The Morgan fingerprint density at radius 1 is 1.22 bits per heavy atom. The van der Waals surface area contributed by atoms with Crippen LogP contribution in [0.25, 0.3) is 28.1 Å². The summed E-state index contributed by atoms with van der Waals surface area (Å²) in [5, 5.41) is 4.35. The molecular formula is C23H25N5O4. The van der Waals surface area contributed by atoms with Crippen LogP contribution >= 0.6 is 0 Å². The van der Waals surface area contributed by atoms with E-state index in [0.29, 0.717) is 34.4 Å². The lowest BCUT2D eigenvalue weighted by molar-refractivity contribution is -0.153. The summed E-state index contributed by atoms with van der Waals surface area (Å²) in [4.78, 5) is 20.6. The van der Waals surface area contributed by atoms with Gasteiger partial charge in [-0.1, -0.05) is 12.1 Å². The van der Waals surface area contributed by atoms with E-state index in [1.165, 1.54) is 6.33 Å². The van der Waals surface area contributed by atoms with Crippen LogP contribution in [0.1, 0.15) is 32.2 Å². The van der Waals surface area contributed by atoms with Crippen molar-refractivity contribution in [1.82, 2.24) is 19.6 Å². The van der Waals surface area contributed by atoms with Gasteiger partial charge in [0.05, 0.1) is 19.7 Å². The van der Waals surface area contributed by atoms with Crippen molar-refractivity contribution in [1.29, 1.82) is 0 Å². The third-order valence-electron chi connectivity index (χ3n) is 4.81. The summed E-state index contributed by atoms with van der Waals surface area (Å²) in [6, 6.07) is 7.53. The Labute approximate surface area is 185 Å². The number of oxazole rings is 1. The zero-order valence-electron chi connectivity index (χ0n) is 18.7. The molecule has 0 saturated heterocycles. The highest BCUT2D eigenvalue weighted by atomic mass is 16.6. The van der Waals surface area contributed by atoms with E-state index >= 15 is 0 Å². The van der Waals surface area contributed by atoms with Gasteiger partial charge in [0.15, 0.2) is 17.5 Å². The number of hydrogen-bond acceptors (Lipinski definition) is 8. The average molecular weight is 435 g/mol. The van der Waals surface area contributed by atoms with Crippen LogP contribution in [-0.2, 0) is 16.0 Å². The van der Waals surface area contributed by atoms with Crippen LogP contribution < -0.4 is 10.5 Å². The van der Waals surface area contributed by atoms with Crippen molar-refractivity contribution in [2.45, 2.75) is 39.7 Å². The minimum atomic E-state index is -0.553. The van der Waals surface area contributed by atoms with E-state index in [2.05, 4.69) is 15.1 Å². The predicted octanol–water partition coefficient (Wildman–Crippen LogP) is 3.83. The van der Waals surface area contributed by atoms with Crippen LogP contribution in [-0.4, -0.2) is 38.3 Å². The van der Waals surface area contributed by atoms with E-state index in [1.54, 1.807) is 24.7 Å². The standard InChI is InChI=1S/C23H25N5O4/c1-13-25-11-19(31-13)17-10-16(21-22(24)26-12-27-28(17)21)14-6-7-15(18(8-14)30-5)9-20(29)32-23(2,3)4/h6-8,10-12H,9H2,1-5H3,(H2,24,26,27). The SMILES string of the molecule is COc1cc(-c2cc(-c3cnc(C)o3)n3ncnc(N)c23)ccc1CC(=O)OC(C)(C)C. The first kappa shape index (κ1) is 21.4. The number of fused-ring (bicyclic) bond motifs is 1. The summed E-state index contributed by atoms with van der Waals surface area (Å²) in [5.41, 5.74) is 9.34. The second kappa shape index (κ2) is 7.99. The molecule has 0 aliphatic heterocycles. The second-order valence-corrected chi connectivity index (χ2v) is 8.38. The number of nitrogens with two attached hydrogens (primary N) is 1. The van der Waals surface area contributed by atoms with Gasteiger partial charge in [0, 0.05) is 18.1 Å². The molecule has 3 aromatic heterocycles. The number of ether oxygens (including phenoxy) is 2. The molecule has 1 aromatic carbocycles. The molecule has 4 aromatic rings. The lowest BCUT2D eigenvalue weighted by Gasteiger charge is -2.20. The Hall–Kier alpha value is -3.88. The molecule has 0 unspecified atom stereocenters. The molecular weight excluding hydrogens is 410 g/mol. The van der Waals surface area contributed by atoms with Gasteiger partial charge in [0.1, 0.15) is 28.9 Å². The molecule has 9 nitrogen and oxygen atoms in total. The third-order valence-corrected chi connectivity index (χ3v) is 4.81. The molecule has 4 rings (SSSR count). The zero-order valence-corrected chi connectivity index (χ0v) is 18.7. The Balaban J connectivity index is 1.78. The number of carbonyl (C=O) groups is 1. The molecule has 0 fully saturated rings. The molecule has 0 saturated carbocycles. The molecule has 0 atom stereocenters. The zero-order chi connectivity index (χ0) is 23.0. The Bertz CT molecular complexity index is 1300. The van der Waals surface area contributed by atoms with Crippen molar-refractivity contribution in [3.8, 4) is 28.3 Å². The molecule has 0 amide bonds. The number of benzene rings is 1. The van der Waals surface area contributed by atoms with Crippen molar-refractivity contribution >= 4 is 17.3 Å². The summed E-state index contributed by atoms with van der Waals surface area (Å²) in [6.07, 6.45) is 3.14. The Morgan fingerprint density at radius 3 is 2.66 bits per heavy atom. The highest BCUT2D eigenvalue weighted by Crippen LogP contribution is 2.37. The molecule has 166 valence electrons. The number of methoxy groups -OCH3 is 1. The van der Waals surface area contributed by atoms with Gasteiger partial charge in [-0.05, 0) is 38.5 Å². The van der Waals surface area contributed by atoms with Crippen LogP contribution in [0, 0.1) is 6.92 Å². The topological polar surface area (TPSA) is 118 Å². The van der Waals surface area contributed by atoms with E-state index in [4.69, 9.17) is 19.6 Å². The van der Waals surface area contributed by atoms with Crippen LogP contribution in [0.5, 0.6) is 5.75 Å². The Morgan fingerprint density at radius 2 is 2.00 bits per heavy atom. The minimum absolute atomic E-state index is 0.102. The molecule has 0 aliphatic rings. The van der Waals surface area contributed by atoms with Crippen molar-refractivity contribution in [3.05, 3.63) is 48.2 Å². The van der Waals surface area contributed by atoms with Crippen molar-refractivity contribution in [3.63, 3.8) is 0 Å². The molecule has 0 radical (unpaired) electrons. The monoisotopic (exact) mass is 435 g/mol. The molecule has 0 spiro atoms. The van der Waals surface area contributed by atoms with Gasteiger partial charge in [-0.3, -0.25) is 4.79 Å². The summed E-state index contributed by atoms with van der Waals surface area (Å²) in [6.45, 7) is 7.29. The lowest BCUT2D eigenvalue weighted by Crippen LogP contribution is -2.25. The lowest BCUT2D eigenvalue weighted by atomic mass is 10.0. The van der Waals surface area contributed by atoms with Gasteiger partial charge < -0.3 is 19.6 Å². The van der Waals surface area contributed by atoms with Gasteiger partial charge in [0.2, 0.25) is 0 Å². The molecule has 0 bridgehead atoms. The maximum Gasteiger partial charge on any atom is 0.310 e. The number of nitrogen functional groups attached to an aromatic ring is 1. The predicted molar refractivity (Wildman–Crippen MR) is 119 cm³/mol. The fourth-order valence-corrected chi connectivity index (χ4v) is 3.53. The number of aromatic nitrogens is 4. The first-order chi connectivity index (χ1) is 15.2. The highest BCUT2D eigenvalue weighted by molar-refractivity contribution is 5.91. The number of aryl methyl sites for hydroxylation is 1. The molecule has 9 heteroatoms. The van der Waals surface area contributed by atoms with E-state index in [0.717, 1.165) is 16.7 Å². The van der Waals surface area contributed by atoms with Crippen molar-refractivity contribution in [2.24, 2.45) is 0 Å².